The third-order valence-electron chi connectivity index (χ3n) is 5.01. The Hall–Kier alpha value is -1.04. The predicted molar refractivity (Wildman–Crippen MR) is 75.2 cm³/mol. The third kappa shape index (κ3) is 2.34. The minimum absolute atomic E-state index is 0.0741. The average molecular weight is 277 g/mol. The fourth-order valence-electron chi connectivity index (χ4n) is 3.74. The van der Waals surface area contributed by atoms with Gasteiger partial charge in [-0.25, -0.2) is 0 Å². The molecule has 110 valence electrons. The summed E-state index contributed by atoms with van der Waals surface area (Å²) in [7, 11) is 1.81. The van der Waals surface area contributed by atoms with E-state index in [0.29, 0.717) is 0 Å². The molecule has 3 rings (SSSR count). The first-order valence-electron chi connectivity index (χ1n) is 7.38. The number of aryl methyl sites for hydroxylation is 1. The molecule has 1 aliphatic heterocycles. The highest BCUT2D eigenvalue weighted by atomic mass is 16.5. The van der Waals surface area contributed by atoms with Gasteiger partial charge in [0, 0.05) is 38.6 Å². The Balaban J connectivity index is 1.79. The molecule has 3 atom stereocenters. The van der Waals surface area contributed by atoms with Crippen LogP contribution in [0.5, 0.6) is 0 Å². The lowest BCUT2D eigenvalue weighted by molar-refractivity contribution is -0.0880. The summed E-state index contributed by atoms with van der Waals surface area (Å²) in [6, 6.07) is 0.289. The average Bonchev–Trinajstić information content (AvgIpc) is 2.81. The molecule has 1 aliphatic carbocycles. The Bertz CT molecular complexity index is 482. The molecule has 20 heavy (non-hydrogen) atoms. The van der Waals surface area contributed by atoms with E-state index in [1.54, 1.807) is 12.4 Å². The lowest BCUT2D eigenvalue weighted by Crippen LogP contribution is -2.51. The van der Waals surface area contributed by atoms with Crippen LogP contribution in [0.1, 0.15) is 37.1 Å². The largest absolute Gasteiger partial charge is 0.393 e. The first-order valence-corrected chi connectivity index (χ1v) is 7.38. The van der Waals surface area contributed by atoms with Gasteiger partial charge in [0.2, 0.25) is 0 Å². The van der Waals surface area contributed by atoms with E-state index in [-0.39, 0.29) is 17.7 Å². The Kier molecular flexibility index (Phi) is 3.75. The summed E-state index contributed by atoms with van der Waals surface area (Å²) >= 11 is 0. The number of rotatable bonds is 3. The van der Waals surface area contributed by atoms with Crippen molar-refractivity contribution in [3.8, 4) is 0 Å². The van der Waals surface area contributed by atoms with Gasteiger partial charge in [0.05, 0.1) is 23.1 Å². The van der Waals surface area contributed by atoms with Crippen LogP contribution in [0.15, 0.2) is 12.4 Å². The third-order valence-corrected chi connectivity index (χ3v) is 5.01. The number of methoxy groups -OCH3 is 1. The molecular weight excluding hydrogens is 254 g/mol. The topological polar surface area (TPSA) is 58.5 Å². The summed E-state index contributed by atoms with van der Waals surface area (Å²) in [5.41, 5.74) is 1.94. The molecule has 1 aromatic rings. The van der Waals surface area contributed by atoms with Gasteiger partial charge < -0.3 is 9.84 Å². The molecule has 0 amide bonds. The van der Waals surface area contributed by atoms with Crippen LogP contribution in [0, 0.1) is 6.92 Å². The standard InChI is InChI=1S/C15H23N3O2/c1-11-13(17-7-6-16-11)10-18-8-5-15(20-2)4-3-12(19)9-14(15)18/h6-7,12,14,19H,3-5,8-10H2,1-2H3/t12-,14+,15-/m1/s1. The summed E-state index contributed by atoms with van der Waals surface area (Å²) in [5, 5.41) is 9.99. The zero-order chi connectivity index (χ0) is 14.2. The van der Waals surface area contributed by atoms with Gasteiger partial charge in [-0.2, -0.15) is 0 Å². The minimum Gasteiger partial charge on any atom is -0.393 e. The van der Waals surface area contributed by atoms with Crippen molar-refractivity contribution in [2.24, 2.45) is 0 Å². The Morgan fingerprint density at radius 1 is 1.40 bits per heavy atom. The number of likely N-dealkylation sites (tertiary alicyclic amines) is 1. The summed E-state index contributed by atoms with van der Waals surface area (Å²) < 4.78 is 5.86. The maximum absolute atomic E-state index is 9.99. The van der Waals surface area contributed by atoms with Gasteiger partial charge in [0.25, 0.3) is 0 Å². The van der Waals surface area contributed by atoms with Gasteiger partial charge in [0.1, 0.15) is 0 Å². The smallest absolute Gasteiger partial charge is 0.0847 e. The Labute approximate surface area is 120 Å². The molecule has 5 nitrogen and oxygen atoms in total. The van der Waals surface area contributed by atoms with E-state index in [2.05, 4.69) is 14.9 Å². The Morgan fingerprint density at radius 3 is 2.95 bits per heavy atom. The van der Waals surface area contributed by atoms with Crippen molar-refractivity contribution >= 4 is 0 Å². The molecule has 5 heteroatoms. The number of aliphatic hydroxyl groups is 1. The number of aromatic nitrogens is 2. The second kappa shape index (κ2) is 5.39. The van der Waals surface area contributed by atoms with Crippen LogP contribution < -0.4 is 0 Å². The highest BCUT2D eigenvalue weighted by molar-refractivity contribution is 5.11. The fourth-order valence-corrected chi connectivity index (χ4v) is 3.74. The lowest BCUT2D eigenvalue weighted by atomic mass is 9.79. The van der Waals surface area contributed by atoms with Crippen molar-refractivity contribution in [2.75, 3.05) is 13.7 Å². The molecule has 1 saturated heterocycles. The molecule has 2 fully saturated rings. The molecule has 0 bridgehead atoms. The van der Waals surface area contributed by atoms with Crippen LogP contribution >= 0.6 is 0 Å². The van der Waals surface area contributed by atoms with Crippen LogP contribution in [0.2, 0.25) is 0 Å². The normalized spacial score (nSPS) is 34.1. The number of fused-ring (bicyclic) bond motifs is 1. The second-order valence-corrected chi connectivity index (χ2v) is 6.02. The van der Waals surface area contributed by atoms with Crippen molar-refractivity contribution < 1.29 is 9.84 Å². The van der Waals surface area contributed by atoms with Crippen LogP contribution in [0.25, 0.3) is 0 Å². The Morgan fingerprint density at radius 2 is 2.20 bits per heavy atom. The molecule has 0 radical (unpaired) electrons. The van der Waals surface area contributed by atoms with Gasteiger partial charge >= 0.3 is 0 Å². The van der Waals surface area contributed by atoms with Crippen LogP contribution in [0.4, 0.5) is 0 Å². The molecule has 0 aromatic carbocycles. The summed E-state index contributed by atoms with van der Waals surface area (Å²) in [5.74, 6) is 0. The van der Waals surface area contributed by atoms with Crippen molar-refractivity contribution in [3.63, 3.8) is 0 Å². The maximum Gasteiger partial charge on any atom is 0.0847 e. The summed E-state index contributed by atoms with van der Waals surface area (Å²) in [4.78, 5) is 11.2. The molecule has 1 saturated carbocycles. The zero-order valence-electron chi connectivity index (χ0n) is 12.2. The van der Waals surface area contributed by atoms with Crippen molar-refractivity contribution in [3.05, 3.63) is 23.8 Å². The quantitative estimate of drug-likeness (QED) is 0.902. The van der Waals surface area contributed by atoms with E-state index in [1.165, 1.54) is 0 Å². The van der Waals surface area contributed by atoms with Gasteiger partial charge in [-0.15, -0.1) is 0 Å². The monoisotopic (exact) mass is 277 g/mol. The fraction of sp³-hybridized carbons (Fsp3) is 0.733. The molecule has 0 spiro atoms. The first kappa shape index (κ1) is 13.9. The van der Waals surface area contributed by atoms with E-state index in [9.17, 15) is 5.11 Å². The van der Waals surface area contributed by atoms with E-state index < -0.39 is 0 Å². The van der Waals surface area contributed by atoms with Gasteiger partial charge in [-0.3, -0.25) is 14.9 Å². The highest BCUT2D eigenvalue weighted by Crippen LogP contribution is 2.42. The first-order chi connectivity index (χ1) is 9.64. The van der Waals surface area contributed by atoms with Gasteiger partial charge in [-0.05, 0) is 32.6 Å². The zero-order valence-corrected chi connectivity index (χ0v) is 12.2. The molecule has 1 aromatic heterocycles. The predicted octanol–water partition coefficient (Wildman–Crippen LogP) is 1.29. The van der Waals surface area contributed by atoms with Crippen LogP contribution in [-0.4, -0.2) is 51.4 Å². The number of aliphatic hydroxyl groups excluding tert-OH is 1. The van der Waals surface area contributed by atoms with Crippen molar-refractivity contribution in [1.29, 1.82) is 0 Å². The van der Waals surface area contributed by atoms with Crippen LogP contribution in [0.3, 0.4) is 0 Å². The molecule has 0 unspecified atom stereocenters. The number of hydrogen-bond acceptors (Lipinski definition) is 5. The molecular formula is C15H23N3O2. The van der Waals surface area contributed by atoms with Gasteiger partial charge in [0.15, 0.2) is 0 Å². The molecule has 2 heterocycles. The van der Waals surface area contributed by atoms with Crippen molar-refractivity contribution in [1.82, 2.24) is 14.9 Å². The van der Waals surface area contributed by atoms with E-state index in [0.717, 1.165) is 50.2 Å². The number of nitrogens with zero attached hydrogens (tertiary/aromatic N) is 3. The van der Waals surface area contributed by atoms with E-state index >= 15 is 0 Å². The maximum atomic E-state index is 9.99. The lowest BCUT2D eigenvalue weighted by Gasteiger charge is -2.42. The van der Waals surface area contributed by atoms with E-state index in [4.69, 9.17) is 4.74 Å². The van der Waals surface area contributed by atoms with E-state index in [1.807, 2.05) is 14.0 Å². The second-order valence-electron chi connectivity index (χ2n) is 6.02. The SMILES string of the molecule is CO[C@@]12CC[C@@H](O)C[C@@H]1N(Cc1nccnc1C)CC2. The number of hydrogen-bond donors (Lipinski definition) is 1. The summed E-state index contributed by atoms with van der Waals surface area (Å²) in [6.45, 7) is 3.79. The molecule has 1 N–H and O–H groups in total. The summed E-state index contributed by atoms with van der Waals surface area (Å²) in [6.07, 6.45) is 6.91. The molecule has 2 aliphatic rings. The minimum atomic E-state index is -0.202. The van der Waals surface area contributed by atoms with Crippen LogP contribution in [-0.2, 0) is 11.3 Å². The number of ether oxygens (including phenoxy) is 1. The highest BCUT2D eigenvalue weighted by Gasteiger charge is 2.50. The van der Waals surface area contributed by atoms with Crippen molar-refractivity contribution in [2.45, 2.75) is 56.9 Å². The van der Waals surface area contributed by atoms with Gasteiger partial charge in [-0.1, -0.05) is 0 Å².